The Morgan fingerprint density at radius 2 is 1.82 bits per heavy atom. The molecule has 0 saturated heterocycles. The first-order valence-electron chi connectivity index (χ1n) is 7.00. The molecule has 0 aromatic carbocycles. The number of sulfone groups is 1. The molecule has 0 amide bonds. The van der Waals surface area contributed by atoms with Crippen molar-refractivity contribution in [2.24, 2.45) is 0 Å². The normalized spacial score (nSPS) is 28.6. The van der Waals surface area contributed by atoms with Gasteiger partial charge in [-0.25, -0.2) is 8.42 Å². The summed E-state index contributed by atoms with van der Waals surface area (Å²) < 4.78 is 25.0. The largest absolute Gasteiger partial charge is 0.313 e. The fourth-order valence-corrected chi connectivity index (χ4v) is 4.94. The van der Waals surface area contributed by atoms with E-state index >= 15 is 0 Å². The fourth-order valence-electron chi connectivity index (χ4n) is 2.69. The van der Waals surface area contributed by atoms with Crippen molar-refractivity contribution < 1.29 is 8.42 Å². The molecule has 17 heavy (non-hydrogen) atoms. The van der Waals surface area contributed by atoms with Crippen LogP contribution in [0.2, 0.25) is 0 Å². The standard InChI is InChI=1S/C13H27NO2S/c1-4-11(3)17(15,16)13-10-8-6-7-9-12(13)14-5-2/h11-14H,4-10H2,1-3H3. The van der Waals surface area contributed by atoms with E-state index in [9.17, 15) is 8.42 Å². The van der Waals surface area contributed by atoms with Crippen LogP contribution >= 0.6 is 0 Å². The van der Waals surface area contributed by atoms with Crippen molar-refractivity contribution in [2.75, 3.05) is 6.54 Å². The Balaban J connectivity index is 2.88. The maximum absolute atomic E-state index is 12.5. The van der Waals surface area contributed by atoms with E-state index in [0.29, 0.717) is 0 Å². The molecule has 1 aliphatic carbocycles. The van der Waals surface area contributed by atoms with E-state index in [1.807, 2.05) is 13.8 Å². The van der Waals surface area contributed by atoms with Crippen molar-refractivity contribution in [1.82, 2.24) is 5.32 Å². The van der Waals surface area contributed by atoms with Gasteiger partial charge in [0.15, 0.2) is 9.84 Å². The summed E-state index contributed by atoms with van der Waals surface area (Å²) in [5, 5.41) is 3.01. The summed E-state index contributed by atoms with van der Waals surface area (Å²) in [5.41, 5.74) is 0. The van der Waals surface area contributed by atoms with Crippen LogP contribution < -0.4 is 5.32 Å². The Morgan fingerprint density at radius 3 is 2.41 bits per heavy atom. The molecule has 1 saturated carbocycles. The van der Waals surface area contributed by atoms with Crippen molar-refractivity contribution >= 4 is 9.84 Å². The third-order valence-electron chi connectivity index (χ3n) is 3.98. The summed E-state index contributed by atoms with van der Waals surface area (Å²) in [7, 11) is -2.97. The highest BCUT2D eigenvalue weighted by atomic mass is 32.2. The van der Waals surface area contributed by atoms with Gasteiger partial charge in [0.1, 0.15) is 0 Å². The lowest BCUT2D eigenvalue weighted by atomic mass is 10.1. The number of nitrogens with one attached hydrogen (secondary N) is 1. The Labute approximate surface area is 106 Å². The zero-order chi connectivity index (χ0) is 12.9. The van der Waals surface area contributed by atoms with Crippen LogP contribution in [0.4, 0.5) is 0 Å². The van der Waals surface area contributed by atoms with Gasteiger partial charge in [-0.05, 0) is 32.7 Å². The average Bonchev–Trinajstić information content (AvgIpc) is 2.54. The second kappa shape index (κ2) is 6.74. The van der Waals surface area contributed by atoms with Crippen LogP contribution in [-0.4, -0.2) is 31.5 Å². The molecule has 0 spiro atoms. The number of hydrogen-bond donors (Lipinski definition) is 1. The van der Waals surface area contributed by atoms with Gasteiger partial charge in [-0.15, -0.1) is 0 Å². The lowest BCUT2D eigenvalue weighted by Crippen LogP contribution is -2.46. The van der Waals surface area contributed by atoms with Gasteiger partial charge in [-0.3, -0.25) is 0 Å². The van der Waals surface area contributed by atoms with Crippen LogP contribution in [-0.2, 0) is 9.84 Å². The Morgan fingerprint density at radius 1 is 1.18 bits per heavy atom. The molecular weight excluding hydrogens is 234 g/mol. The van der Waals surface area contributed by atoms with E-state index in [-0.39, 0.29) is 16.5 Å². The highest BCUT2D eigenvalue weighted by Crippen LogP contribution is 2.27. The molecular formula is C13H27NO2S. The first kappa shape index (κ1) is 15.0. The van der Waals surface area contributed by atoms with Gasteiger partial charge in [0.2, 0.25) is 0 Å². The monoisotopic (exact) mass is 261 g/mol. The molecule has 3 nitrogen and oxygen atoms in total. The fraction of sp³-hybridized carbons (Fsp3) is 1.00. The van der Waals surface area contributed by atoms with E-state index in [0.717, 1.165) is 38.6 Å². The van der Waals surface area contributed by atoms with Crippen molar-refractivity contribution in [2.45, 2.75) is 75.8 Å². The zero-order valence-corrected chi connectivity index (χ0v) is 12.2. The summed E-state index contributed by atoms with van der Waals surface area (Å²) in [4.78, 5) is 0. The quantitative estimate of drug-likeness (QED) is 0.774. The molecule has 3 unspecified atom stereocenters. The molecule has 102 valence electrons. The second-order valence-electron chi connectivity index (χ2n) is 5.15. The van der Waals surface area contributed by atoms with Crippen LogP contribution in [0.5, 0.6) is 0 Å². The van der Waals surface area contributed by atoms with Gasteiger partial charge in [0.05, 0.1) is 10.5 Å². The van der Waals surface area contributed by atoms with Gasteiger partial charge >= 0.3 is 0 Å². The molecule has 1 N–H and O–H groups in total. The van der Waals surface area contributed by atoms with E-state index in [2.05, 4.69) is 12.2 Å². The summed E-state index contributed by atoms with van der Waals surface area (Å²) in [5.74, 6) is 0. The third kappa shape index (κ3) is 3.68. The van der Waals surface area contributed by atoms with Gasteiger partial charge in [-0.2, -0.15) is 0 Å². The SMILES string of the molecule is CCNC1CCCCCC1S(=O)(=O)C(C)CC. The zero-order valence-electron chi connectivity index (χ0n) is 11.4. The minimum absolute atomic E-state index is 0.167. The molecule has 1 aliphatic rings. The predicted octanol–water partition coefficient (Wildman–Crippen LogP) is 2.51. The summed E-state index contributed by atoms with van der Waals surface area (Å²) in [6.07, 6.45) is 5.96. The minimum atomic E-state index is -2.97. The van der Waals surface area contributed by atoms with Crippen LogP contribution in [0, 0.1) is 0 Å². The summed E-state index contributed by atoms with van der Waals surface area (Å²) in [6.45, 7) is 6.72. The molecule has 0 bridgehead atoms. The van der Waals surface area contributed by atoms with Gasteiger partial charge in [0, 0.05) is 6.04 Å². The molecule has 3 atom stereocenters. The van der Waals surface area contributed by atoms with Crippen molar-refractivity contribution in [1.29, 1.82) is 0 Å². The highest BCUT2D eigenvalue weighted by molar-refractivity contribution is 7.92. The summed E-state index contributed by atoms with van der Waals surface area (Å²) >= 11 is 0. The second-order valence-corrected chi connectivity index (χ2v) is 7.74. The highest BCUT2D eigenvalue weighted by Gasteiger charge is 2.36. The van der Waals surface area contributed by atoms with Crippen LogP contribution in [0.3, 0.4) is 0 Å². The molecule has 0 aromatic heterocycles. The van der Waals surface area contributed by atoms with E-state index in [4.69, 9.17) is 0 Å². The van der Waals surface area contributed by atoms with E-state index in [1.54, 1.807) is 0 Å². The van der Waals surface area contributed by atoms with Crippen molar-refractivity contribution in [3.05, 3.63) is 0 Å². The Kier molecular flexibility index (Phi) is 5.93. The van der Waals surface area contributed by atoms with Crippen LogP contribution in [0.1, 0.15) is 59.3 Å². The molecule has 0 aromatic rings. The average molecular weight is 261 g/mol. The molecule has 1 rings (SSSR count). The maximum atomic E-state index is 12.5. The minimum Gasteiger partial charge on any atom is -0.313 e. The van der Waals surface area contributed by atoms with Gasteiger partial charge in [0.25, 0.3) is 0 Å². The lowest BCUT2D eigenvalue weighted by Gasteiger charge is -2.28. The van der Waals surface area contributed by atoms with Crippen LogP contribution in [0.15, 0.2) is 0 Å². The number of rotatable bonds is 5. The maximum Gasteiger partial charge on any atom is 0.157 e. The predicted molar refractivity (Wildman–Crippen MR) is 73.0 cm³/mol. The first-order valence-corrected chi connectivity index (χ1v) is 8.61. The molecule has 0 radical (unpaired) electrons. The van der Waals surface area contributed by atoms with Crippen molar-refractivity contribution in [3.63, 3.8) is 0 Å². The van der Waals surface area contributed by atoms with Crippen LogP contribution in [0.25, 0.3) is 0 Å². The van der Waals surface area contributed by atoms with Gasteiger partial charge < -0.3 is 5.32 Å². The Bertz CT molecular complexity index is 313. The molecule has 4 heteroatoms. The van der Waals surface area contributed by atoms with Gasteiger partial charge in [-0.1, -0.05) is 33.1 Å². The smallest absolute Gasteiger partial charge is 0.157 e. The number of hydrogen-bond acceptors (Lipinski definition) is 3. The van der Waals surface area contributed by atoms with E-state index in [1.165, 1.54) is 6.42 Å². The lowest BCUT2D eigenvalue weighted by molar-refractivity contribution is 0.456. The van der Waals surface area contributed by atoms with E-state index < -0.39 is 9.84 Å². The Hall–Kier alpha value is -0.0900. The molecule has 1 fully saturated rings. The topological polar surface area (TPSA) is 46.2 Å². The van der Waals surface area contributed by atoms with Crippen molar-refractivity contribution in [3.8, 4) is 0 Å². The first-order chi connectivity index (χ1) is 8.04. The molecule has 0 heterocycles. The molecule has 0 aliphatic heterocycles. The third-order valence-corrected chi connectivity index (χ3v) is 6.84. The summed E-state index contributed by atoms with van der Waals surface area (Å²) in [6, 6.07) is 0.168.